The fourth-order valence-corrected chi connectivity index (χ4v) is 7.17. The molecular formula is C39H55N11O7. The second-order valence-corrected chi connectivity index (χ2v) is 14.4. The third kappa shape index (κ3) is 12.6. The molecule has 1 saturated carbocycles. The first kappa shape index (κ1) is 41.9. The SMILES string of the molecule is COCCOCCOCCOCCOc1nn([C@H]2CC[C@H](N3C[C@@H](C)O[C@@H](C)C3)CC2)cc1Nc1ncc(-c2ccc(C#N)c(O[C@@H](C)Cn3cnnn3)c2)cn1. The maximum Gasteiger partial charge on any atom is 0.257 e. The predicted octanol–water partition coefficient (Wildman–Crippen LogP) is 4.08. The predicted molar refractivity (Wildman–Crippen MR) is 208 cm³/mol. The molecule has 3 aromatic heterocycles. The van der Waals surface area contributed by atoms with E-state index in [0.29, 0.717) is 94.3 Å². The number of benzene rings is 1. The first-order valence-corrected chi connectivity index (χ1v) is 19.7. The van der Waals surface area contributed by atoms with Crippen LogP contribution in [0, 0.1) is 11.3 Å². The molecule has 3 atom stereocenters. The Bertz CT molecular complexity index is 1800. The van der Waals surface area contributed by atoms with Gasteiger partial charge in [0.25, 0.3) is 5.88 Å². The van der Waals surface area contributed by atoms with E-state index in [0.717, 1.165) is 49.9 Å². The van der Waals surface area contributed by atoms with Crippen molar-refractivity contribution in [2.24, 2.45) is 0 Å². The van der Waals surface area contributed by atoms with Crippen molar-refractivity contribution in [1.29, 1.82) is 5.26 Å². The third-order valence-corrected chi connectivity index (χ3v) is 9.84. The smallest absolute Gasteiger partial charge is 0.257 e. The average molecular weight is 790 g/mol. The summed E-state index contributed by atoms with van der Waals surface area (Å²) in [6, 6.07) is 8.39. The molecule has 1 saturated heterocycles. The molecule has 4 heterocycles. The van der Waals surface area contributed by atoms with Crippen molar-refractivity contribution in [3.8, 4) is 28.8 Å². The largest absolute Gasteiger partial charge is 0.487 e. The number of hydrogen-bond acceptors (Lipinski definition) is 16. The Morgan fingerprint density at radius 1 is 0.895 bits per heavy atom. The number of rotatable bonds is 22. The van der Waals surface area contributed by atoms with Crippen LogP contribution in [0.15, 0.2) is 43.1 Å². The van der Waals surface area contributed by atoms with Gasteiger partial charge in [0.2, 0.25) is 5.95 Å². The minimum absolute atomic E-state index is 0.244. The van der Waals surface area contributed by atoms with Gasteiger partial charge < -0.3 is 38.5 Å². The van der Waals surface area contributed by atoms with E-state index in [4.69, 9.17) is 38.3 Å². The molecule has 1 aliphatic heterocycles. The van der Waals surface area contributed by atoms with Gasteiger partial charge in [-0.25, -0.2) is 14.6 Å². The van der Waals surface area contributed by atoms with Gasteiger partial charge in [-0.1, -0.05) is 6.07 Å². The number of morpholine rings is 1. The van der Waals surface area contributed by atoms with Crippen molar-refractivity contribution in [2.75, 3.05) is 78.4 Å². The monoisotopic (exact) mass is 789 g/mol. The Morgan fingerprint density at radius 3 is 2.21 bits per heavy atom. The summed E-state index contributed by atoms with van der Waals surface area (Å²) in [5.41, 5.74) is 2.65. The molecule has 0 radical (unpaired) electrons. The zero-order valence-corrected chi connectivity index (χ0v) is 33.4. The van der Waals surface area contributed by atoms with E-state index >= 15 is 0 Å². The van der Waals surface area contributed by atoms with Gasteiger partial charge in [-0.3, -0.25) is 9.58 Å². The second kappa shape index (κ2) is 21.7. The number of hydrogen-bond donors (Lipinski definition) is 1. The van der Waals surface area contributed by atoms with Gasteiger partial charge in [0, 0.05) is 44.2 Å². The maximum atomic E-state index is 9.72. The van der Waals surface area contributed by atoms with Crippen molar-refractivity contribution < 1.29 is 33.2 Å². The molecule has 2 fully saturated rings. The van der Waals surface area contributed by atoms with Gasteiger partial charge in [0.05, 0.1) is 82.8 Å². The maximum absolute atomic E-state index is 9.72. The molecule has 18 nitrogen and oxygen atoms in total. The lowest BCUT2D eigenvalue weighted by Gasteiger charge is -2.42. The Balaban J connectivity index is 1.07. The van der Waals surface area contributed by atoms with Gasteiger partial charge in [0.15, 0.2) is 0 Å². The first-order chi connectivity index (χ1) is 27.9. The van der Waals surface area contributed by atoms with E-state index in [9.17, 15) is 5.26 Å². The van der Waals surface area contributed by atoms with Crippen LogP contribution in [0.5, 0.6) is 11.6 Å². The average Bonchev–Trinajstić information content (AvgIpc) is 3.88. The van der Waals surface area contributed by atoms with E-state index in [2.05, 4.69) is 55.6 Å². The van der Waals surface area contributed by atoms with Crippen molar-refractivity contribution in [1.82, 2.24) is 44.9 Å². The molecule has 308 valence electrons. The molecule has 6 rings (SSSR count). The lowest BCUT2D eigenvalue weighted by Crippen LogP contribution is -2.51. The topological polar surface area (TPSA) is 191 Å². The van der Waals surface area contributed by atoms with E-state index in [1.165, 1.54) is 6.33 Å². The molecule has 0 unspecified atom stereocenters. The lowest BCUT2D eigenvalue weighted by atomic mass is 9.89. The number of methoxy groups -OCH3 is 1. The van der Waals surface area contributed by atoms with E-state index in [-0.39, 0.29) is 24.4 Å². The molecular weight excluding hydrogens is 734 g/mol. The van der Waals surface area contributed by atoms with Crippen LogP contribution in [0.2, 0.25) is 0 Å². The van der Waals surface area contributed by atoms with E-state index < -0.39 is 0 Å². The highest BCUT2D eigenvalue weighted by atomic mass is 16.6. The van der Waals surface area contributed by atoms with Crippen LogP contribution in [0.1, 0.15) is 58.1 Å². The Labute approximate surface area is 333 Å². The number of ether oxygens (including phenoxy) is 7. The van der Waals surface area contributed by atoms with Crippen LogP contribution in [0.25, 0.3) is 11.1 Å². The highest BCUT2D eigenvalue weighted by molar-refractivity contribution is 5.67. The Morgan fingerprint density at radius 2 is 1.56 bits per heavy atom. The number of tetrazole rings is 1. The fourth-order valence-electron chi connectivity index (χ4n) is 7.17. The summed E-state index contributed by atoms with van der Waals surface area (Å²) >= 11 is 0. The number of nitrogens with one attached hydrogen (secondary N) is 1. The zero-order chi connectivity index (χ0) is 39.8. The normalized spacial score (nSPS) is 20.5. The molecule has 57 heavy (non-hydrogen) atoms. The molecule has 0 amide bonds. The highest BCUT2D eigenvalue weighted by Gasteiger charge is 2.32. The van der Waals surface area contributed by atoms with E-state index in [1.807, 2.05) is 29.9 Å². The molecule has 1 aliphatic carbocycles. The summed E-state index contributed by atoms with van der Waals surface area (Å²) in [7, 11) is 1.65. The van der Waals surface area contributed by atoms with Gasteiger partial charge in [-0.2, -0.15) is 5.26 Å². The highest BCUT2D eigenvalue weighted by Crippen LogP contribution is 2.35. The van der Waals surface area contributed by atoms with Crippen molar-refractivity contribution >= 4 is 11.6 Å². The summed E-state index contributed by atoms with van der Waals surface area (Å²) in [4.78, 5) is 11.8. The van der Waals surface area contributed by atoms with Crippen LogP contribution in [0.3, 0.4) is 0 Å². The molecule has 1 aromatic carbocycles. The van der Waals surface area contributed by atoms with Crippen LogP contribution in [0.4, 0.5) is 11.6 Å². The summed E-state index contributed by atoms with van der Waals surface area (Å²) in [6.07, 6.45) is 11.4. The van der Waals surface area contributed by atoms with Gasteiger partial charge in [-0.05, 0) is 74.6 Å². The number of nitriles is 1. The standard InChI is InChI=1S/C39H55N11O7/c1-28-23-48(24-29(2)56-28)34-7-9-35(10-8-34)50-26-36(38(45-50)55-18-17-54-16-15-53-14-13-52-12-11-51-4)44-39-41-21-33(22-42-39)31-5-6-32(20-40)37(19-31)57-30(3)25-49-27-43-46-47-49/h5-6,19,21-22,26-30,34-35H,7-18,23-25H2,1-4H3,(H,41,42,44)/t28-,29+,30-,34-,35-/m0/s1. The minimum Gasteiger partial charge on any atom is -0.487 e. The summed E-state index contributed by atoms with van der Waals surface area (Å²) in [5, 5.41) is 29.2. The van der Waals surface area contributed by atoms with Crippen LogP contribution in [-0.2, 0) is 30.2 Å². The van der Waals surface area contributed by atoms with Crippen LogP contribution in [-0.4, -0.2) is 142 Å². The lowest BCUT2D eigenvalue weighted by molar-refractivity contribution is -0.0852. The quantitative estimate of drug-likeness (QED) is 0.112. The number of nitrogens with zero attached hydrogens (tertiary/aromatic N) is 10. The molecule has 2 aliphatic rings. The van der Waals surface area contributed by atoms with Crippen molar-refractivity contribution in [3.63, 3.8) is 0 Å². The Hall–Kier alpha value is -4.77. The molecule has 18 heteroatoms. The van der Waals surface area contributed by atoms with Gasteiger partial charge in [-0.15, -0.1) is 10.2 Å². The van der Waals surface area contributed by atoms with Gasteiger partial charge in [0.1, 0.15) is 36.5 Å². The zero-order valence-electron chi connectivity index (χ0n) is 33.4. The summed E-state index contributed by atoms with van der Waals surface area (Å²) in [5.74, 6) is 1.30. The second-order valence-electron chi connectivity index (χ2n) is 14.4. The fraction of sp³-hybridized carbons (Fsp3) is 0.615. The first-order valence-electron chi connectivity index (χ1n) is 19.7. The minimum atomic E-state index is -0.286. The molecule has 0 bridgehead atoms. The summed E-state index contributed by atoms with van der Waals surface area (Å²) < 4.78 is 43.6. The van der Waals surface area contributed by atoms with Crippen molar-refractivity contribution in [2.45, 2.75) is 83.4 Å². The number of anilines is 2. The van der Waals surface area contributed by atoms with Crippen LogP contribution >= 0.6 is 0 Å². The van der Waals surface area contributed by atoms with E-state index in [1.54, 1.807) is 30.3 Å². The molecule has 0 spiro atoms. The Kier molecular flexibility index (Phi) is 15.9. The van der Waals surface area contributed by atoms with Gasteiger partial charge >= 0.3 is 0 Å². The molecule has 4 aromatic rings. The van der Waals surface area contributed by atoms with Crippen LogP contribution < -0.4 is 14.8 Å². The third-order valence-electron chi connectivity index (χ3n) is 9.84. The number of aromatic nitrogens is 8. The van der Waals surface area contributed by atoms with Crippen molar-refractivity contribution in [3.05, 3.63) is 48.7 Å². The summed E-state index contributed by atoms with van der Waals surface area (Å²) in [6.45, 7) is 12.3. The molecule has 1 N–H and O–H groups in total.